The summed E-state index contributed by atoms with van der Waals surface area (Å²) in [5.41, 5.74) is 9.50. The van der Waals surface area contributed by atoms with Gasteiger partial charge in [0.2, 0.25) is 5.91 Å². The summed E-state index contributed by atoms with van der Waals surface area (Å²) in [7, 11) is 0. The van der Waals surface area contributed by atoms with E-state index in [9.17, 15) is 9.59 Å². The lowest BCUT2D eigenvalue weighted by Gasteiger charge is -2.18. The van der Waals surface area contributed by atoms with Crippen LogP contribution in [0.15, 0.2) is 24.3 Å². The van der Waals surface area contributed by atoms with Gasteiger partial charge in [-0.3, -0.25) is 9.59 Å². The van der Waals surface area contributed by atoms with Gasteiger partial charge in [0.05, 0.1) is 5.56 Å². The molecule has 2 aromatic rings. The average molecular weight is 356 g/mol. The molecular formula is C20H24N2O2S. The van der Waals surface area contributed by atoms with Crippen LogP contribution < -0.4 is 11.1 Å². The summed E-state index contributed by atoms with van der Waals surface area (Å²) in [5, 5.41) is 3.55. The Morgan fingerprint density at radius 2 is 2.00 bits per heavy atom. The Kier molecular flexibility index (Phi) is 5.23. The van der Waals surface area contributed by atoms with Crippen molar-refractivity contribution in [2.45, 2.75) is 46.0 Å². The van der Waals surface area contributed by atoms with Gasteiger partial charge in [-0.25, -0.2) is 0 Å². The number of aryl methyl sites for hydroxylation is 2. The first-order chi connectivity index (χ1) is 11.9. The molecule has 1 aromatic carbocycles. The molecule has 3 N–H and O–H groups in total. The minimum Gasteiger partial charge on any atom is -0.365 e. The zero-order valence-electron chi connectivity index (χ0n) is 14.7. The van der Waals surface area contributed by atoms with Crippen LogP contribution in [0.2, 0.25) is 0 Å². The second-order valence-corrected chi connectivity index (χ2v) is 8.06. The predicted molar refractivity (Wildman–Crippen MR) is 102 cm³/mol. The number of benzene rings is 1. The van der Waals surface area contributed by atoms with Gasteiger partial charge in [0, 0.05) is 11.3 Å². The largest absolute Gasteiger partial charge is 0.365 e. The van der Waals surface area contributed by atoms with Gasteiger partial charge < -0.3 is 11.1 Å². The fourth-order valence-corrected chi connectivity index (χ4v) is 4.73. The van der Waals surface area contributed by atoms with Crippen LogP contribution in [0, 0.1) is 12.8 Å². The molecule has 2 amide bonds. The number of carbonyl (C=O) groups is 2. The summed E-state index contributed by atoms with van der Waals surface area (Å²) in [6.45, 7) is 4.26. The van der Waals surface area contributed by atoms with E-state index in [-0.39, 0.29) is 5.91 Å². The minimum atomic E-state index is -0.444. The van der Waals surface area contributed by atoms with Crippen LogP contribution in [0.1, 0.15) is 51.7 Å². The molecule has 1 aliphatic rings. The van der Waals surface area contributed by atoms with Gasteiger partial charge in [0.15, 0.2) is 0 Å². The SMILES string of the molecule is Cc1ccc(CCC(=O)Nc2sc3c(c2C(N)=O)CC[C@H](C)C3)cc1. The number of nitrogens with two attached hydrogens (primary N) is 1. The summed E-state index contributed by atoms with van der Waals surface area (Å²) in [6, 6.07) is 8.19. The van der Waals surface area contributed by atoms with Crippen molar-refractivity contribution >= 4 is 28.2 Å². The maximum absolute atomic E-state index is 12.3. The number of fused-ring (bicyclic) bond motifs is 1. The maximum atomic E-state index is 12.3. The van der Waals surface area contributed by atoms with Crippen LogP contribution in [0.25, 0.3) is 0 Å². The van der Waals surface area contributed by atoms with Crippen molar-refractivity contribution in [2.24, 2.45) is 11.7 Å². The normalized spacial score (nSPS) is 16.3. The standard InChI is InChI=1S/C20H24N2O2S/c1-12-3-6-14(7-4-12)8-10-17(23)22-20-18(19(21)24)15-9-5-13(2)11-16(15)25-20/h3-4,6-7,13H,5,8-11H2,1-2H3,(H2,21,24)(H,22,23)/t13-/m0/s1. The zero-order chi connectivity index (χ0) is 18.0. The number of thiophene rings is 1. The molecule has 0 bridgehead atoms. The van der Waals surface area contributed by atoms with Crippen LogP contribution in [0.4, 0.5) is 5.00 Å². The first-order valence-corrected chi connectivity index (χ1v) is 9.55. The van der Waals surface area contributed by atoms with Crippen LogP contribution in [-0.4, -0.2) is 11.8 Å². The Morgan fingerprint density at radius 3 is 2.68 bits per heavy atom. The fraction of sp³-hybridized carbons (Fsp3) is 0.400. The molecule has 0 radical (unpaired) electrons. The molecule has 4 nitrogen and oxygen atoms in total. The number of rotatable bonds is 5. The fourth-order valence-electron chi connectivity index (χ4n) is 3.30. The van der Waals surface area contributed by atoms with E-state index in [0.29, 0.717) is 29.3 Å². The van der Waals surface area contributed by atoms with Gasteiger partial charge in [0.25, 0.3) is 5.91 Å². The Hall–Kier alpha value is -2.14. The number of hydrogen-bond acceptors (Lipinski definition) is 3. The highest BCUT2D eigenvalue weighted by atomic mass is 32.1. The third-order valence-corrected chi connectivity index (χ3v) is 5.94. The van der Waals surface area contributed by atoms with E-state index in [1.807, 2.05) is 31.2 Å². The van der Waals surface area contributed by atoms with E-state index < -0.39 is 5.91 Å². The molecule has 1 aromatic heterocycles. The van der Waals surface area contributed by atoms with Crippen molar-refractivity contribution in [3.8, 4) is 0 Å². The van der Waals surface area contributed by atoms with Crippen molar-refractivity contribution in [3.05, 3.63) is 51.4 Å². The summed E-state index contributed by atoms with van der Waals surface area (Å²) >= 11 is 1.51. The smallest absolute Gasteiger partial charge is 0.251 e. The summed E-state index contributed by atoms with van der Waals surface area (Å²) in [5.74, 6) is 0.0903. The average Bonchev–Trinajstić information content (AvgIpc) is 2.91. The third-order valence-electron chi connectivity index (χ3n) is 4.77. The number of anilines is 1. The van der Waals surface area contributed by atoms with Gasteiger partial charge in [0.1, 0.15) is 5.00 Å². The molecule has 132 valence electrons. The number of amides is 2. The highest BCUT2D eigenvalue weighted by Crippen LogP contribution is 2.39. The summed E-state index contributed by atoms with van der Waals surface area (Å²) < 4.78 is 0. The summed E-state index contributed by atoms with van der Waals surface area (Å²) in [4.78, 5) is 25.5. The molecule has 1 heterocycles. The van der Waals surface area contributed by atoms with E-state index in [0.717, 1.165) is 30.4 Å². The van der Waals surface area contributed by atoms with Crippen molar-refractivity contribution in [1.82, 2.24) is 0 Å². The van der Waals surface area contributed by atoms with Gasteiger partial charge in [-0.1, -0.05) is 36.8 Å². The van der Waals surface area contributed by atoms with Crippen LogP contribution in [-0.2, 0) is 24.1 Å². The Labute approximate surface area is 152 Å². The molecule has 0 unspecified atom stereocenters. The molecule has 0 spiro atoms. The summed E-state index contributed by atoms with van der Waals surface area (Å²) in [6.07, 6.45) is 3.95. The monoisotopic (exact) mass is 356 g/mol. The first-order valence-electron chi connectivity index (χ1n) is 8.73. The van der Waals surface area contributed by atoms with Crippen LogP contribution >= 0.6 is 11.3 Å². The first kappa shape index (κ1) is 17.7. The highest BCUT2D eigenvalue weighted by molar-refractivity contribution is 7.17. The molecule has 25 heavy (non-hydrogen) atoms. The molecule has 1 atom stereocenters. The number of carbonyl (C=O) groups excluding carboxylic acids is 2. The quantitative estimate of drug-likeness (QED) is 0.854. The second kappa shape index (κ2) is 7.40. The van der Waals surface area contributed by atoms with Gasteiger partial charge in [-0.2, -0.15) is 0 Å². The molecule has 0 aliphatic heterocycles. The molecule has 3 rings (SSSR count). The van der Waals surface area contributed by atoms with Gasteiger partial charge in [-0.05, 0) is 49.7 Å². The topological polar surface area (TPSA) is 72.2 Å². The van der Waals surface area contributed by atoms with Crippen LogP contribution in [0.5, 0.6) is 0 Å². The van der Waals surface area contributed by atoms with Crippen LogP contribution in [0.3, 0.4) is 0 Å². The molecule has 1 aliphatic carbocycles. The molecular weight excluding hydrogens is 332 g/mol. The van der Waals surface area contributed by atoms with E-state index >= 15 is 0 Å². The molecule has 0 saturated carbocycles. The molecule has 0 fully saturated rings. The molecule has 0 saturated heterocycles. The molecule has 5 heteroatoms. The van der Waals surface area contributed by atoms with Crippen molar-refractivity contribution in [3.63, 3.8) is 0 Å². The zero-order valence-corrected chi connectivity index (χ0v) is 15.5. The number of primary amides is 1. The van der Waals surface area contributed by atoms with E-state index in [1.54, 1.807) is 0 Å². The van der Waals surface area contributed by atoms with E-state index in [4.69, 9.17) is 5.73 Å². The lowest BCUT2D eigenvalue weighted by Crippen LogP contribution is -2.19. The van der Waals surface area contributed by atoms with E-state index in [1.165, 1.54) is 21.8 Å². The highest BCUT2D eigenvalue weighted by Gasteiger charge is 2.27. The van der Waals surface area contributed by atoms with E-state index in [2.05, 4.69) is 12.2 Å². The Morgan fingerprint density at radius 1 is 1.28 bits per heavy atom. The number of nitrogens with one attached hydrogen (secondary N) is 1. The maximum Gasteiger partial charge on any atom is 0.251 e. The predicted octanol–water partition coefficient (Wildman–Crippen LogP) is 3.85. The number of hydrogen-bond donors (Lipinski definition) is 2. The minimum absolute atomic E-state index is 0.0743. The lowest BCUT2D eigenvalue weighted by molar-refractivity contribution is -0.116. The van der Waals surface area contributed by atoms with Gasteiger partial charge >= 0.3 is 0 Å². The van der Waals surface area contributed by atoms with Crippen molar-refractivity contribution < 1.29 is 9.59 Å². The van der Waals surface area contributed by atoms with Crippen molar-refractivity contribution in [1.29, 1.82) is 0 Å². The Bertz CT molecular complexity index is 793. The second-order valence-electron chi connectivity index (χ2n) is 6.95. The van der Waals surface area contributed by atoms with Crippen molar-refractivity contribution in [2.75, 3.05) is 5.32 Å². The van der Waals surface area contributed by atoms with Gasteiger partial charge in [-0.15, -0.1) is 11.3 Å². The Balaban J connectivity index is 1.70. The third kappa shape index (κ3) is 4.10. The lowest BCUT2D eigenvalue weighted by atomic mass is 9.88.